The highest BCUT2D eigenvalue weighted by Crippen LogP contribution is 2.29. The Morgan fingerprint density at radius 3 is 2.76 bits per heavy atom. The second-order valence-electron chi connectivity index (χ2n) is 4.05. The summed E-state index contributed by atoms with van der Waals surface area (Å²) in [6, 6.07) is 5.43. The van der Waals surface area contributed by atoms with Crippen LogP contribution in [-0.4, -0.2) is 36.4 Å². The molecule has 1 unspecified atom stereocenters. The number of ether oxygens (including phenoxy) is 1. The monoisotopic (exact) mass is 297 g/mol. The van der Waals surface area contributed by atoms with Crippen LogP contribution < -0.4 is 4.74 Å². The number of carbonyl (C=O) groups excluding carboxylic acids is 1. The van der Waals surface area contributed by atoms with Crippen molar-refractivity contribution < 1.29 is 9.53 Å². The molecule has 0 aromatic heterocycles. The summed E-state index contributed by atoms with van der Waals surface area (Å²) in [6.45, 7) is 6.30. The van der Waals surface area contributed by atoms with Crippen molar-refractivity contribution in [3.05, 3.63) is 28.2 Å². The maximum absolute atomic E-state index is 12.4. The Morgan fingerprint density at radius 1 is 1.41 bits per heavy atom. The summed E-state index contributed by atoms with van der Waals surface area (Å²) in [4.78, 5) is 14.5. The molecule has 1 atom stereocenters. The van der Waals surface area contributed by atoms with Gasteiger partial charge in [-0.15, -0.1) is 0 Å². The SMILES string of the molecule is CCN(CC)C1COc2ccc(Br)cc2C1=O. The van der Waals surface area contributed by atoms with Crippen LogP contribution in [0.2, 0.25) is 0 Å². The average molecular weight is 298 g/mol. The Bertz CT molecular complexity index is 429. The van der Waals surface area contributed by atoms with Gasteiger partial charge in [-0.25, -0.2) is 0 Å². The lowest BCUT2D eigenvalue weighted by Gasteiger charge is -2.32. The zero-order chi connectivity index (χ0) is 12.4. The Kier molecular flexibility index (Phi) is 3.84. The first-order valence-corrected chi connectivity index (χ1v) is 6.67. The third kappa shape index (κ3) is 2.38. The lowest BCUT2D eigenvalue weighted by Crippen LogP contribution is -2.47. The van der Waals surface area contributed by atoms with E-state index in [4.69, 9.17) is 4.74 Å². The maximum atomic E-state index is 12.4. The van der Waals surface area contributed by atoms with E-state index in [2.05, 4.69) is 34.7 Å². The number of carbonyl (C=O) groups is 1. The maximum Gasteiger partial charge on any atom is 0.187 e. The molecule has 0 N–H and O–H groups in total. The van der Waals surface area contributed by atoms with Gasteiger partial charge in [0.05, 0.1) is 5.56 Å². The number of hydrogen-bond acceptors (Lipinski definition) is 3. The lowest BCUT2D eigenvalue weighted by atomic mass is 10.00. The van der Waals surface area contributed by atoms with E-state index in [-0.39, 0.29) is 11.8 Å². The van der Waals surface area contributed by atoms with E-state index in [9.17, 15) is 4.79 Å². The van der Waals surface area contributed by atoms with Crippen LogP contribution in [0.3, 0.4) is 0 Å². The molecule has 0 saturated carbocycles. The summed E-state index contributed by atoms with van der Waals surface area (Å²) >= 11 is 3.39. The van der Waals surface area contributed by atoms with Crippen LogP contribution in [0.15, 0.2) is 22.7 Å². The summed E-state index contributed by atoms with van der Waals surface area (Å²) in [6.07, 6.45) is 0. The van der Waals surface area contributed by atoms with Gasteiger partial charge in [-0.2, -0.15) is 0 Å². The zero-order valence-corrected chi connectivity index (χ0v) is 11.7. The van der Waals surface area contributed by atoms with Crippen molar-refractivity contribution in [3.8, 4) is 5.75 Å². The molecule has 1 aliphatic rings. The number of hydrogen-bond donors (Lipinski definition) is 0. The minimum Gasteiger partial charge on any atom is -0.491 e. The highest BCUT2D eigenvalue weighted by Gasteiger charge is 2.32. The van der Waals surface area contributed by atoms with Crippen molar-refractivity contribution in [2.45, 2.75) is 19.9 Å². The summed E-state index contributed by atoms with van der Waals surface area (Å²) in [7, 11) is 0. The van der Waals surface area contributed by atoms with Crippen LogP contribution in [0, 0.1) is 0 Å². The van der Waals surface area contributed by atoms with Gasteiger partial charge in [0.25, 0.3) is 0 Å². The first-order valence-electron chi connectivity index (χ1n) is 5.88. The summed E-state index contributed by atoms with van der Waals surface area (Å²) < 4.78 is 6.57. The predicted molar refractivity (Wildman–Crippen MR) is 70.7 cm³/mol. The number of halogens is 1. The quantitative estimate of drug-likeness (QED) is 0.859. The van der Waals surface area contributed by atoms with Crippen LogP contribution in [0.4, 0.5) is 0 Å². The molecule has 92 valence electrons. The van der Waals surface area contributed by atoms with E-state index in [1.807, 2.05) is 18.2 Å². The van der Waals surface area contributed by atoms with E-state index in [1.165, 1.54) is 0 Å². The molecule has 1 aromatic rings. The Morgan fingerprint density at radius 2 is 2.12 bits per heavy atom. The normalized spacial score (nSPS) is 19.1. The molecule has 0 fully saturated rings. The molecule has 0 amide bonds. The molecule has 1 heterocycles. The van der Waals surface area contributed by atoms with Crippen LogP contribution >= 0.6 is 15.9 Å². The standard InChI is InChI=1S/C13H16BrNO2/c1-3-15(4-2)11-8-17-12-6-5-9(14)7-10(12)13(11)16/h5-7,11H,3-4,8H2,1-2H3. The van der Waals surface area contributed by atoms with Crippen LogP contribution in [0.1, 0.15) is 24.2 Å². The number of Topliss-reactive ketones (excluding diaryl/α,β-unsaturated/α-hetero) is 1. The highest BCUT2D eigenvalue weighted by atomic mass is 79.9. The van der Waals surface area contributed by atoms with E-state index >= 15 is 0 Å². The van der Waals surface area contributed by atoms with Crippen LogP contribution in [-0.2, 0) is 0 Å². The topological polar surface area (TPSA) is 29.5 Å². The molecule has 1 aliphatic heterocycles. The summed E-state index contributed by atoms with van der Waals surface area (Å²) in [5, 5.41) is 0. The molecule has 0 radical (unpaired) electrons. The molecule has 0 spiro atoms. The minimum atomic E-state index is -0.146. The third-order valence-corrected chi connectivity index (χ3v) is 3.65. The minimum absolute atomic E-state index is 0.146. The molecule has 3 nitrogen and oxygen atoms in total. The van der Waals surface area contributed by atoms with Gasteiger partial charge in [-0.05, 0) is 31.3 Å². The summed E-state index contributed by atoms with van der Waals surface area (Å²) in [5.74, 6) is 0.859. The Labute approximate surface area is 110 Å². The molecule has 1 aromatic carbocycles. The largest absolute Gasteiger partial charge is 0.491 e. The first kappa shape index (κ1) is 12.6. The van der Waals surface area contributed by atoms with Gasteiger partial charge in [0.1, 0.15) is 18.4 Å². The van der Waals surface area contributed by atoms with Gasteiger partial charge in [-0.1, -0.05) is 29.8 Å². The fourth-order valence-corrected chi connectivity index (χ4v) is 2.54. The highest BCUT2D eigenvalue weighted by molar-refractivity contribution is 9.10. The van der Waals surface area contributed by atoms with E-state index < -0.39 is 0 Å². The van der Waals surface area contributed by atoms with Gasteiger partial charge >= 0.3 is 0 Å². The second-order valence-corrected chi connectivity index (χ2v) is 4.97. The molecular weight excluding hydrogens is 282 g/mol. The van der Waals surface area contributed by atoms with Crippen LogP contribution in [0.5, 0.6) is 5.75 Å². The number of benzene rings is 1. The van der Waals surface area contributed by atoms with Gasteiger partial charge in [-0.3, -0.25) is 9.69 Å². The first-order chi connectivity index (χ1) is 8.17. The van der Waals surface area contributed by atoms with E-state index in [1.54, 1.807) is 0 Å². The van der Waals surface area contributed by atoms with Crippen molar-refractivity contribution in [2.24, 2.45) is 0 Å². The molecular formula is C13H16BrNO2. The Hall–Kier alpha value is -0.870. The molecule has 17 heavy (non-hydrogen) atoms. The molecule has 0 aliphatic carbocycles. The van der Waals surface area contributed by atoms with Gasteiger partial charge in [0.15, 0.2) is 5.78 Å². The van der Waals surface area contributed by atoms with Crippen molar-refractivity contribution in [1.29, 1.82) is 0 Å². The molecule has 4 heteroatoms. The van der Waals surface area contributed by atoms with Crippen molar-refractivity contribution in [1.82, 2.24) is 4.90 Å². The number of rotatable bonds is 3. The zero-order valence-electron chi connectivity index (χ0n) is 10.1. The average Bonchev–Trinajstić information content (AvgIpc) is 2.34. The predicted octanol–water partition coefficient (Wildman–Crippen LogP) is 2.73. The number of nitrogens with zero attached hydrogens (tertiary/aromatic N) is 1. The fraction of sp³-hybridized carbons (Fsp3) is 0.462. The number of fused-ring (bicyclic) bond motifs is 1. The molecule has 0 bridgehead atoms. The van der Waals surface area contributed by atoms with Gasteiger partial charge in [0, 0.05) is 4.47 Å². The second kappa shape index (κ2) is 5.19. The van der Waals surface area contributed by atoms with Crippen molar-refractivity contribution in [3.63, 3.8) is 0 Å². The number of ketones is 1. The van der Waals surface area contributed by atoms with Gasteiger partial charge < -0.3 is 4.74 Å². The van der Waals surface area contributed by atoms with Crippen molar-refractivity contribution in [2.75, 3.05) is 19.7 Å². The van der Waals surface area contributed by atoms with E-state index in [0.717, 1.165) is 17.6 Å². The fourth-order valence-electron chi connectivity index (χ4n) is 2.18. The third-order valence-electron chi connectivity index (χ3n) is 3.16. The summed E-state index contributed by atoms with van der Waals surface area (Å²) in [5.41, 5.74) is 0.683. The Balaban J connectivity index is 2.32. The van der Waals surface area contributed by atoms with Gasteiger partial charge in [0.2, 0.25) is 0 Å². The van der Waals surface area contributed by atoms with Crippen molar-refractivity contribution >= 4 is 21.7 Å². The molecule has 2 rings (SSSR count). The van der Waals surface area contributed by atoms with E-state index in [0.29, 0.717) is 17.9 Å². The molecule has 0 saturated heterocycles. The lowest BCUT2D eigenvalue weighted by molar-refractivity contribution is 0.0692. The smallest absolute Gasteiger partial charge is 0.187 e. The van der Waals surface area contributed by atoms with Crippen LogP contribution in [0.25, 0.3) is 0 Å². The number of likely N-dealkylation sites (N-methyl/N-ethyl adjacent to an activating group) is 1.